The fraction of sp³-hybridized carbons (Fsp3) is 0.100. The van der Waals surface area contributed by atoms with E-state index < -0.39 is 0 Å². The molecule has 0 rings (SSSR count). The maximum atomic E-state index is 10.5. The normalized spacial score (nSPS) is 10.0. The number of allylic oxidation sites excluding steroid dienone is 4. The Kier molecular flexibility index (Phi) is 5.12. The first-order valence-corrected chi connectivity index (χ1v) is 3.42. The molecule has 0 spiro atoms. The zero-order chi connectivity index (χ0) is 9.40. The number of carbonyl (C=O) groups is 1. The molecule has 2 nitrogen and oxygen atoms in total. The first-order chi connectivity index (χ1) is 5.66. The van der Waals surface area contributed by atoms with E-state index in [0.29, 0.717) is 5.70 Å². The van der Waals surface area contributed by atoms with Gasteiger partial charge in [-0.3, -0.25) is 4.79 Å². The van der Waals surface area contributed by atoms with E-state index in [9.17, 15) is 4.79 Å². The number of terminal acetylenes is 1. The maximum absolute atomic E-state index is 10.5. The third kappa shape index (κ3) is 6.37. The van der Waals surface area contributed by atoms with Gasteiger partial charge in [0.25, 0.3) is 0 Å². The molecule has 1 N–H and O–H groups in total. The predicted octanol–water partition coefficient (Wildman–Crippen LogP) is 1.63. The van der Waals surface area contributed by atoms with Crippen molar-refractivity contribution in [2.45, 2.75) is 6.92 Å². The molecule has 0 unspecified atom stereocenters. The molecule has 2 heteroatoms. The van der Waals surface area contributed by atoms with Gasteiger partial charge < -0.3 is 5.32 Å². The molecule has 0 aromatic rings. The number of amides is 1. The van der Waals surface area contributed by atoms with Gasteiger partial charge in [-0.15, -0.1) is 6.42 Å². The Hall–Kier alpha value is -1.75. The van der Waals surface area contributed by atoms with Gasteiger partial charge in [0.2, 0.25) is 5.91 Å². The average Bonchev–Trinajstić information content (AvgIpc) is 1.97. The first kappa shape index (κ1) is 10.2. The highest BCUT2D eigenvalue weighted by molar-refractivity contribution is 5.75. The van der Waals surface area contributed by atoms with Crippen molar-refractivity contribution in [3.8, 4) is 12.3 Å². The summed E-state index contributed by atoms with van der Waals surface area (Å²) in [5.74, 6) is 2.20. The van der Waals surface area contributed by atoms with Crippen molar-refractivity contribution < 1.29 is 6.22 Å². The van der Waals surface area contributed by atoms with E-state index in [1.54, 1.807) is 24.3 Å². The van der Waals surface area contributed by atoms with E-state index in [4.69, 9.17) is 6.42 Å². The van der Waals surface area contributed by atoms with Gasteiger partial charge >= 0.3 is 0 Å². The number of carbonyl (C=O) groups excluding carboxylic acids is 1. The molecule has 0 radical (unpaired) electrons. The number of rotatable bonds is 3. The molecule has 0 aliphatic heterocycles. The summed E-state index contributed by atoms with van der Waals surface area (Å²) >= 11 is 0. The molecule has 0 aromatic carbocycles. The Bertz CT molecular complexity index is 271. The Morgan fingerprint density at radius 3 is 2.83 bits per heavy atom. The highest BCUT2D eigenvalue weighted by atomic mass is 16.1. The van der Waals surface area contributed by atoms with Gasteiger partial charge in [0.05, 0.1) is 0 Å². The number of hydrogen-bond acceptors (Lipinski definition) is 1. The lowest BCUT2D eigenvalue weighted by Crippen LogP contribution is -2.16. The average molecular weight is 163 g/mol. The van der Waals surface area contributed by atoms with Crippen LogP contribution in [-0.2, 0) is 4.79 Å². The van der Waals surface area contributed by atoms with Crippen molar-refractivity contribution >= 4 is 5.91 Å². The number of hydrogen-bond donors (Lipinski definition) is 1. The minimum Gasteiger partial charge on any atom is -0.327 e. The van der Waals surface area contributed by atoms with Crippen LogP contribution >= 0.6 is 0 Å². The Labute approximate surface area is 74.2 Å². The summed E-state index contributed by atoms with van der Waals surface area (Å²) in [4.78, 5) is 10.5. The van der Waals surface area contributed by atoms with Crippen LogP contribution in [0.1, 0.15) is 8.35 Å². The predicted molar refractivity (Wildman–Crippen MR) is 52.2 cm³/mol. The van der Waals surface area contributed by atoms with Crippen LogP contribution in [0.15, 0.2) is 36.6 Å². The summed E-state index contributed by atoms with van der Waals surface area (Å²) in [7, 11) is 0. The zero-order valence-electron chi connectivity index (χ0n) is 7.00. The van der Waals surface area contributed by atoms with Crippen LogP contribution in [0.25, 0.3) is 0 Å². The summed E-state index contributed by atoms with van der Waals surface area (Å²) in [6.07, 6.45) is 11.6. The number of nitrogens with one attached hydrogen (secondary N) is 1. The van der Waals surface area contributed by atoms with Crippen LogP contribution in [0.5, 0.6) is 0 Å². The van der Waals surface area contributed by atoms with Gasteiger partial charge in [0, 0.05) is 14.0 Å². The summed E-state index contributed by atoms with van der Waals surface area (Å²) in [6, 6.07) is 0. The van der Waals surface area contributed by atoms with Crippen LogP contribution in [-0.4, -0.2) is 5.91 Å². The molecule has 1 amide bonds. The van der Waals surface area contributed by atoms with Gasteiger partial charge in [-0.2, -0.15) is 0 Å². The van der Waals surface area contributed by atoms with Crippen LogP contribution in [0.3, 0.4) is 0 Å². The van der Waals surface area contributed by atoms with Crippen LogP contribution in [0, 0.1) is 12.3 Å². The molecule has 0 saturated carbocycles. The van der Waals surface area contributed by atoms with Crippen molar-refractivity contribution in [3.63, 3.8) is 0 Å². The van der Waals surface area contributed by atoms with Gasteiger partial charge in [-0.05, 0) is 12.2 Å². The molecule has 0 fully saturated rings. The quantitative estimate of drug-likeness (QED) is 0.497. The molecule has 12 heavy (non-hydrogen) atoms. The third-order valence-corrected chi connectivity index (χ3v) is 0.938. The minimum absolute atomic E-state index is 0. The van der Waals surface area contributed by atoms with E-state index in [1.807, 2.05) is 0 Å². The highest BCUT2D eigenvalue weighted by Gasteiger charge is 1.88. The van der Waals surface area contributed by atoms with Crippen LogP contribution in [0.2, 0.25) is 0 Å². The first-order valence-electron chi connectivity index (χ1n) is 3.42. The molecular formula is C10H13NO. The summed E-state index contributed by atoms with van der Waals surface area (Å²) < 4.78 is 0. The van der Waals surface area contributed by atoms with E-state index in [0.717, 1.165) is 0 Å². The van der Waals surface area contributed by atoms with Gasteiger partial charge in [0.1, 0.15) is 0 Å². The lowest BCUT2D eigenvalue weighted by molar-refractivity contribution is -0.118. The minimum atomic E-state index is -0.134. The van der Waals surface area contributed by atoms with E-state index >= 15 is 0 Å². The van der Waals surface area contributed by atoms with Crippen LogP contribution < -0.4 is 5.32 Å². The second-order valence-electron chi connectivity index (χ2n) is 2.09. The van der Waals surface area contributed by atoms with Gasteiger partial charge in [-0.25, -0.2) is 0 Å². The van der Waals surface area contributed by atoms with Crippen molar-refractivity contribution in [2.75, 3.05) is 0 Å². The largest absolute Gasteiger partial charge is 0.327 e. The molecule has 0 heterocycles. The van der Waals surface area contributed by atoms with Crippen LogP contribution in [0.4, 0.5) is 0 Å². The molecule has 0 aliphatic carbocycles. The topological polar surface area (TPSA) is 29.1 Å². The molecular weight excluding hydrogens is 150 g/mol. The molecule has 0 bridgehead atoms. The maximum Gasteiger partial charge on any atom is 0.221 e. The summed E-state index contributed by atoms with van der Waals surface area (Å²) in [5.41, 5.74) is 0.546. The van der Waals surface area contributed by atoms with Crippen molar-refractivity contribution in [1.82, 2.24) is 5.32 Å². The molecule has 64 valence electrons. The van der Waals surface area contributed by atoms with Crippen molar-refractivity contribution in [3.05, 3.63) is 36.6 Å². The monoisotopic (exact) mass is 163 g/mol. The molecule has 0 saturated heterocycles. The summed E-state index contributed by atoms with van der Waals surface area (Å²) in [5, 5.41) is 2.51. The Morgan fingerprint density at radius 1 is 1.67 bits per heavy atom. The van der Waals surface area contributed by atoms with E-state index in [-0.39, 0.29) is 7.33 Å². The van der Waals surface area contributed by atoms with E-state index in [1.165, 1.54) is 6.92 Å². The smallest absolute Gasteiger partial charge is 0.221 e. The second-order valence-corrected chi connectivity index (χ2v) is 2.09. The van der Waals surface area contributed by atoms with Gasteiger partial charge in [0.15, 0.2) is 0 Å². The van der Waals surface area contributed by atoms with Crippen molar-refractivity contribution in [1.29, 1.82) is 0 Å². The Balaban J connectivity index is 0. The fourth-order valence-electron chi connectivity index (χ4n) is 0.551. The summed E-state index contributed by atoms with van der Waals surface area (Å²) in [6.45, 7) is 5.02. The fourth-order valence-corrected chi connectivity index (χ4v) is 0.551. The standard InChI is InChI=1S/C10H11NO.H2/c1-4-5-6-7-8-9(2)11-10(3)12;/h1,5-8H,2H2,3H3,(H,11,12);1H/b6-5-,8-7-;. The SMILES string of the molecule is C#C/C=C\C=C/C(=C)NC(C)=O.[HH]. The van der Waals surface area contributed by atoms with Gasteiger partial charge in [-0.1, -0.05) is 24.7 Å². The molecule has 0 atom stereocenters. The molecule has 0 aromatic heterocycles. The Morgan fingerprint density at radius 2 is 2.33 bits per heavy atom. The lowest BCUT2D eigenvalue weighted by Gasteiger charge is -1.97. The van der Waals surface area contributed by atoms with Crippen molar-refractivity contribution in [2.24, 2.45) is 0 Å². The third-order valence-electron chi connectivity index (χ3n) is 0.938. The zero-order valence-corrected chi connectivity index (χ0v) is 7.00. The molecule has 0 aliphatic rings. The second kappa shape index (κ2) is 5.99. The highest BCUT2D eigenvalue weighted by Crippen LogP contribution is 1.87. The lowest BCUT2D eigenvalue weighted by atomic mass is 10.4. The van der Waals surface area contributed by atoms with E-state index in [2.05, 4.69) is 17.8 Å².